The van der Waals surface area contributed by atoms with Crippen LogP contribution in [0.1, 0.15) is 117 Å². The summed E-state index contributed by atoms with van der Waals surface area (Å²) < 4.78 is 0. The van der Waals surface area contributed by atoms with Crippen LogP contribution in [0.2, 0.25) is 0 Å². The van der Waals surface area contributed by atoms with Crippen LogP contribution in [0.15, 0.2) is 0 Å². The first kappa shape index (κ1) is 27.4. The highest BCUT2D eigenvalue weighted by Gasteiger charge is 2.40. The van der Waals surface area contributed by atoms with E-state index in [0.717, 1.165) is 94.8 Å². The minimum absolute atomic E-state index is 0.0582. The molecular formula is C30H51N3O3. The molecule has 6 heteroatoms. The molecule has 4 aliphatic rings. The Kier molecular flexibility index (Phi) is 9.74. The standard InChI is InChI=1S/C30H51N3O3/c1-19-4-10-25(11-5-19)31-28(34)22-16-23(29(35)32-26-12-6-20(2)7-13-26)18-24(17-22)30(36)33-27-14-8-21(3)9-15-27/h19-27H,4-18H2,1-3H3,(H,31,34)(H,32,35)(H,33,36). The second kappa shape index (κ2) is 12.8. The van der Waals surface area contributed by atoms with E-state index in [0.29, 0.717) is 19.3 Å². The summed E-state index contributed by atoms with van der Waals surface area (Å²) in [6.45, 7) is 6.85. The van der Waals surface area contributed by atoms with Crippen LogP contribution < -0.4 is 16.0 Å². The summed E-state index contributed by atoms with van der Waals surface area (Å²) in [5.41, 5.74) is 0. The van der Waals surface area contributed by atoms with Gasteiger partial charge in [-0.25, -0.2) is 0 Å². The molecule has 0 spiro atoms. The van der Waals surface area contributed by atoms with E-state index in [1.807, 2.05) is 0 Å². The van der Waals surface area contributed by atoms with Gasteiger partial charge in [-0.05, 0) is 114 Å². The minimum atomic E-state index is -0.262. The van der Waals surface area contributed by atoms with E-state index in [1.54, 1.807) is 0 Å². The highest BCUT2D eigenvalue weighted by molar-refractivity contribution is 5.86. The van der Waals surface area contributed by atoms with Gasteiger partial charge < -0.3 is 16.0 Å². The van der Waals surface area contributed by atoms with Crippen molar-refractivity contribution in [3.05, 3.63) is 0 Å². The minimum Gasteiger partial charge on any atom is -0.353 e. The topological polar surface area (TPSA) is 87.3 Å². The van der Waals surface area contributed by atoms with E-state index >= 15 is 0 Å². The van der Waals surface area contributed by atoms with Crippen molar-refractivity contribution >= 4 is 17.7 Å². The van der Waals surface area contributed by atoms with Crippen LogP contribution in [0.25, 0.3) is 0 Å². The Hall–Kier alpha value is -1.59. The predicted molar refractivity (Wildman–Crippen MR) is 143 cm³/mol. The zero-order chi connectivity index (χ0) is 25.7. The molecule has 0 bridgehead atoms. The SMILES string of the molecule is CC1CCC(NC(=O)C2CC(C(=O)NC3CCC(C)CC3)CC(C(=O)NC3CCC(C)CC3)C2)CC1. The van der Waals surface area contributed by atoms with E-state index < -0.39 is 0 Å². The lowest BCUT2D eigenvalue weighted by atomic mass is 9.73. The second-order valence-corrected chi connectivity index (χ2v) is 13.2. The number of carbonyl (C=O) groups is 3. The van der Waals surface area contributed by atoms with E-state index in [9.17, 15) is 14.4 Å². The van der Waals surface area contributed by atoms with Crippen LogP contribution in [0.3, 0.4) is 0 Å². The van der Waals surface area contributed by atoms with E-state index in [1.165, 1.54) is 0 Å². The predicted octanol–water partition coefficient (Wildman–Crippen LogP) is 5.10. The molecule has 0 aromatic carbocycles. The molecule has 0 aromatic rings. The van der Waals surface area contributed by atoms with Gasteiger partial charge in [-0.2, -0.15) is 0 Å². The summed E-state index contributed by atoms with van der Waals surface area (Å²) in [5.74, 6) is 1.60. The van der Waals surface area contributed by atoms with Crippen molar-refractivity contribution in [2.75, 3.05) is 0 Å². The molecular weight excluding hydrogens is 450 g/mol. The Morgan fingerprint density at radius 3 is 0.861 bits per heavy atom. The van der Waals surface area contributed by atoms with Gasteiger partial charge in [0.1, 0.15) is 0 Å². The van der Waals surface area contributed by atoms with Gasteiger partial charge in [0.15, 0.2) is 0 Å². The van der Waals surface area contributed by atoms with Crippen LogP contribution in [0.5, 0.6) is 0 Å². The van der Waals surface area contributed by atoms with Gasteiger partial charge >= 0.3 is 0 Å². The summed E-state index contributed by atoms with van der Waals surface area (Å²) >= 11 is 0. The number of nitrogens with one attached hydrogen (secondary N) is 3. The molecule has 204 valence electrons. The first-order chi connectivity index (χ1) is 17.3. The lowest BCUT2D eigenvalue weighted by Crippen LogP contribution is -2.49. The maximum atomic E-state index is 13.4. The molecule has 4 rings (SSSR count). The number of rotatable bonds is 6. The largest absolute Gasteiger partial charge is 0.353 e. The lowest BCUT2D eigenvalue weighted by molar-refractivity contribution is -0.136. The van der Waals surface area contributed by atoms with E-state index in [2.05, 4.69) is 36.7 Å². The molecule has 3 amide bonds. The van der Waals surface area contributed by atoms with Gasteiger partial charge in [0.25, 0.3) is 0 Å². The zero-order valence-electron chi connectivity index (χ0n) is 23.0. The van der Waals surface area contributed by atoms with Crippen molar-refractivity contribution in [3.63, 3.8) is 0 Å². The smallest absolute Gasteiger partial charge is 0.223 e. The quantitative estimate of drug-likeness (QED) is 0.473. The average Bonchev–Trinajstić information content (AvgIpc) is 2.87. The van der Waals surface area contributed by atoms with E-state index in [4.69, 9.17) is 0 Å². The highest BCUT2D eigenvalue weighted by atomic mass is 16.2. The van der Waals surface area contributed by atoms with Gasteiger partial charge in [-0.15, -0.1) is 0 Å². The number of amides is 3. The number of hydrogen-bond acceptors (Lipinski definition) is 3. The Bertz CT molecular complexity index is 641. The van der Waals surface area contributed by atoms with Gasteiger partial charge in [0, 0.05) is 35.9 Å². The van der Waals surface area contributed by atoms with Crippen LogP contribution in [-0.4, -0.2) is 35.8 Å². The van der Waals surface area contributed by atoms with Gasteiger partial charge in [0.2, 0.25) is 17.7 Å². The Morgan fingerprint density at radius 1 is 0.417 bits per heavy atom. The summed E-state index contributed by atoms with van der Waals surface area (Å²) in [6, 6.07) is 0.718. The lowest BCUT2D eigenvalue weighted by Gasteiger charge is -2.36. The number of carbonyl (C=O) groups excluding carboxylic acids is 3. The first-order valence-electron chi connectivity index (χ1n) is 15.2. The van der Waals surface area contributed by atoms with Gasteiger partial charge in [-0.3, -0.25) is 14.4 Å². The maximum absolute atomic E-state index is 13.4. The van der Waals surface area contributed by atoms with Crippen molar-refractivity contribution in [2.45, 2.75) is 135 Å². The second-order valence-electron chi connectivity index (χ2n) is 13.2. The van der Waals surface area contributed by atoms with Crippen molar-refractivity contribution in [1.29, 1.82) is 0 Å². The fourth-order valence-corrected chi connectivity index (χ4v) is 7.13. The third-order valence-electron chi connectivity index (χ3n) is 9.91. The van der Waals surface area contributed by atoms with Crippen molar-refractivity contribution in [1.82, 2.24) is 16.0 Å². The molecule has 3 N–H and O–H groups in total. The van der Waals surface area contributed by atoms with Crippen LogP contribution in [-0.2, 0) is 14.4 Å². The molecule has 6 nitrogen and oxygen atoms in total. The van der Waals surface area contributed by atoms with E-state index in [-0.39, 0.29) is 53.6 Å². The molecule has 0 unspecified atom stereocenters. The summed E-state index contributed by atoms with van der Waals surface area (Å²) in [6.07, 6.45) is 14.9. The van der Waals surface area contributed by atoms with Crippen LogP contribution in [0.4, 0.5) is 0 Å². The number of hydrogen-bond donors (Lipinski definition) is 3. The summed E-state index contributed by atoms with van der Waals surface area (Å²) in [7, 11) is 0. The van der Waals surface area contributed by atoms with Crippen molar-refractivity contribution in [3.8, 4) is 0 Å². The fraction of sp³-hybridized carbons (Fsp3) is 0.900. The van der Waals surface area contributed by atoms with Crippen LogP contribution >= 0.6 is 0 Å². The Balaban J connectivity index is 1.38. The molecule has 4 aliphatic carbocycles. The van der Waals surface area contributed by atoms with Crippen LogP contribution in [0, 0.1) is 35.5 Å². The maximum Gasteiger partial charge on any atom is 0.223 e. The fourth-order valence-electron chi connectivity index (χ4n) is 7.13. The average molecular weight is 502 g/mol. The molecule has 0 atom stereocenters. The van der Waals surface area contributed by atoms with Crippen molar-refractivity contribution < 1.29 is 14.4 Å². The highest BCUT2D eigenvalue weighted by Crippen LogP contribution is 2.36. The van der Waals surface area contributed by atoms with Gasteiger partial charge in [-0.1, -0.05) is 20.8 Å². The molecule has 0 aliphatic heterocycles. The molecule has 4 fully saturated rings. The molecule has 36 heavy (non-hydrogen) atoms. The molecule has 0 saturated heterocycles. The monoisotopic (exact) mass is 501 g/mol. The molecule has 0 aromatic heterocycles. The Morgan fingerprint density at radius 2 is 0.639 bits per heavy atom. The Labute approximate surface area is 218 Å². The normalized spacial score (nSPS) is 39.6. The molecule has 4 saturated carbocycles. The molecule has 0 heterocycles. The summed E-state index contributed by atoms with van der Waals surface area (Å²) in [5, 5.41) is 9.89. The molecule has 0 radical (unpaired) electrons. The first-order valence-corrected chi connectivity index (χ1v) is 15.2. The van der Waals surface area contributed by atoms with Gasteiger partial charge in [0.05, 0.1) is 0 Å². The third-order valence-corrected chi connectivity index (χ3v) is 9.91. The summed E-state index contributed by atoms with van der Waals surface area (Å²) in [4.78, 5) is 40.1. The third kappa shape index (κ3) is 7.71. The van der Waals surface area contributed by atoms with Crippen molar-refractivity contribution in [2.24, 2.45) is 35.5 Å². The zero-order valence-corrected chi connectivity index (χ0v) is 23.0.